The maximum atomic E-state index is 12.4. The standard InChI is InChI=1S/C18H22N4O3/c1-4-22-12(2)13(11-20-22)10-19-18(23)17-9-15(21-25-17)14-7-5-6-8-16(14)24-3/h5-8,11,17H,4,9-10H2,1-3H3,(H,19,23). The SMILES string of the molecule is CCn1ncc(CNC(=O)C2CC(c3ccccc3OC)=NO2)c1C. The summed E-state index contributed by atoms with van der Waals surface area (Å²) in [5.41, 5.74) is 3.62. The van der Waals surface area contributed by atoms with E-state index in [4.69, 9.17) is 9.57 Å². The minimum atomic E-state index is -0.624. The summed E-state index contributed by atoms with van der Waals surface area (Å²) in [6.07, 6.45) is 1.58. The van der Waals surface area contributed by atoms with Gasteiger partial charge < -0.3 is 14.9 Å². The molecule has 0 bridgehead atoms. The molecule has 2 heterocycles. The molecule has 1 atom stereocenters. The number of aromatic nitrogens is 2. The molecule has 0 saturated heterocycles. The molecule has 25 heavy (non-hydrogen) atoms. The van der Waals surface area contributed by atoms with Crippen molar-refractivity contribution in [1.29, 1.82) is 0 Å². The largest absolute Gasteiger partial charge is 0.496 e. The number of benzene rings is 1. The first-order valence-corrected chi connectivity index (χ1v) is 8.29. The van der Waals surface area contributed by atoms with Crippen LogP contribution in [0.3, 0.4) is 0 Å². The molecule has 1 unspecified atom stereocenters. The number of para-hydroxylation sites is 1. The Hall–Kier alpha value is -2.83. The number of rotatable bonds is 6. The van der Waals surface area contributed by atoms with E-state index in [1.54, 1.807) is 13.3 Å². The van der Waals surface area contributed by atoms with E-state index >= 15 is 0 Å². The van der Waals surface area contributed by atoms with Crippen LogP contribution in [-0.2, 0) is 22.7 Å². The first-order valence-electron chi connectivity index (χ1n) is 8.29. The molecule has 1 amide bonds. The van der Waals surface area contributed by atoms with E-state index in [9.17, 15) is 4.79 Å². The highest BCUT2D eigenvalue weighted by molar-refractivity contribution is 6.05. The molecule has 132 valence electrons. The van der Waals surface area contributed by atoms with Crippen LogP contribution in [0.2, 0.25) is 0 Å². The van der Waals surface area contributed by atoms with Gasteiger partial charge in [-0.15, -0.1) is 0 Å². The van der Waals surface area contributed by atoms with Crippen LogP contribution in [0, 0.1) is 6.92 Å². The molecule has 0 spiro atoms. The predicted octanol–water partition coefficient (Wildman–Crippen LogP) is 2.03. The summed E-state index contributed by atoms with van der Waals surface area (Å²) in [5.74, 6) is 0.533. The molecule has 1 aliphatic heterocycles. The lowest BCUT2D eigenvalue weighted by atomic mass is 10.0. The first kappa shape index (κ1) is 17.0. The number of nitrogens with one attached hydrogen (secondary N) is 1. The van der Waals surface area contributed by atoms with Crippen LogP contribution in [0.4, 0.5) is 0 Å². The van der Waals surface area contributed by atoms with Crippen LogP contribution in [0.1, 0.15) is 30.2 Å². The summed E-state index contributed by atoms with van der Waals surface area (Å²) in [6.45, 7) is 5.26. The minimum Gasteiger partial charge on any atom is -0.496 e. The van der Waals surface area contributed by atoms with Gasteiger partial charge >= 0.3 is 0 Å². The highest BCUT2D eigenvalue weighted by atomic mass is 16.6. The van der Waals surface area contributed by atoms with Crippen LogP contribution in [0.5, 0.6) is 5.75 Å². The normalized spacial score (nSPS) is 16.3. The third-order valence-electron chi connectivity index (χ3n) is 4.34. The second-order valence-corrected chi connectivity index (χ2v) is 5.83. The van der Waals surface area contributed by atoms with E-state index in [0.29, 0.717) is 24.4 Å². The smallest absolute Gasteiger partial charge is 0.264 e. The molecule has 1 aliphatic rings. The molecule has 7 heteroatoms. The van der Waals surface area contributed by atoms with Crippen LogP contribution in [0.25, 0.3) is 0 Å². The number of carbonyl (C=O) groups excluding carboxylic acids is 1. The molecule has 1 aromatic carbocycles. The van der Waals surface area contributed by atoms with Crippen molar-refractivity contribution in [3.8, 4) is 5.75 Å². The van der Waals surface area contributed by atoms with Gasteiger partial charge in [-0.2, -0.15) is 5.10 Å². The molecular formula is C18H22N4O3. The number of amides is 1. The third-order valence-corrected chi connectivity index (χ3v) is 4.34. The predicted molar refractivity (Wildman–Crippen MR) is 93.5 cm³/mol. The lowest BCUT2D eigenvalue weighted by molar-refractivity contribution is -0.131. The molecule has 0 radical (unpaired) electrons. The van der Waals surface area contributed by atoms with Gasteiger partial charge in [0.1, 0.15) is 5.75 Å². The van der Waals surface area contributed by atoms with E-state index in [1.165, 1.54) is 0 Å². The van der Waals surface area contributed by atoms with E-state index in [2.05, 4.69) is 15.6 Å². The fourth-order valence-corrected chi connectivity index (χ4v) is 2.83. The molecule has 1 aromatic heterocycles. The van der Waals surface area contributed by atoms with Crippen LogP contribution in [-0.4, -0.2) is 34.6 Å². The number of aryl methyl sites for hydroxylation is 1. The fraction of sp³-hybridized carbons (Fsp3) is 0.389. The monoisotopic (exact) mass is 342 g/mol. The number of hydrogen-bond acceptors (Lipinski definition) is 5. The molecule has 1 N–H and O–H groups in total. The van der Waals surface area contributed by atoms with E-state index in [1.807, 2.05) is 42.8 Å². The molecule has 7 nitrogen and oxygen atoms in total. The van der Waals surface area contributed by atoms with Crippen molar-refractivity contribution in [2.24, 2.45) is 5.16 Å². The summed E-state index contributed by atoms with van der Waals surface area (Å²) in [5, 5.41) is 11.2. The van der Waals surface area contributed by atoms with Gasteiger partial charge in [0.2, 0.25) is 6.10 Å². The van der Waals surface area contributed by atoms with Gasteiger partial charge in [-0.25, -0.2) is 0 Å². The van der Waals surface area contributed by atoms with Gasteiger partial charge in [0.05, 0.1) is 19.0 Å². The second-order valence-electron chi connectivity index (χ2n) is 5.83. The quantitative estimate of drug-likeness (QED) is 0.871. The highest BCUT2D eigenvalue weighted by Gasteiger charge is 2.30. The van der Waals surface area contributed by atoms with E-state index < -0.39 is 6.10 Å². The van der Waals surface area contributed by atoms with Gasteiger partial charge in [0, 0.05) is 36.3 Å². The Bertz CT molecular complexity index is 797. The van der Waals surface area contributed by atoms with Gasteiger partial charge in [-0.3, -0.25) is 9.48 Å². The van der Waals surface area contributed by atoms with Gasteiger partial charge in [0.15, 0.2) is 0 Å². The Labute approximate surface area is 146 Å². The fourth-order valence-electron chi connectivity index (χ4n) is 2.83. The topological polar surface area (TPSA) is 77.7 Å². The van der Waals surface area contributed by atoms with Gasteiger partial charge in [-0.05, 0) is 26.0 Å². The summed E-state index contributed by atoms with van der Waals surface area (Å²) in [4.78, 5) is 17.7. The number of methoxy groups -OCH3 is 1. The van der Waals surface area contributed by atoms with Crippen molar-refractivity contribution in [2.45, 2.75) is 39.5 Å². The summed E-state index contributed by atoms with van der Waals surface area (Å²) >= 11 is 0. The lowest BCUT2D eigenvalue weighted by Gasteiger charge is -2.10. The third kappa shape index (κ3) is 3.50. The highest BCUT2D eigenvalue weighted by Crippen LogP contribution is 2.24. The van der Waals surface area contributed by atoms with Crippen LogP contribution in [0.15, 0.2) is 35.6 Å². The Morgan fingerprint density at radius 2 is 2.24 bits per heavy atom. The number of oxime groups is 1. The minimum absolute atomic E-state index is 0.183. The lowest BCUT2D eigenvalue weighted by Crippen LogP contribution is -2.34. The zero-order valence-corrected chi connectivity index (χ0v) is 14.7. The van der Waals surface area contributed by atoms with Gasteiger partial charge in [-0.1, -0.05) is 17.3 Å². The van der Waals surface area contributed by atoms with Crippen molar-refractivity contribution in [3.63, 3.8) is 0 Å². The Kier molecular flexibility index (Phi) is 5.02. The Morgan fingerprint density at radius 1 is 1.44 bits per heavy atom. The number of carbonyl (C=O) groups is 1. The van der Waals surface area contributed by atoms with Crippen molar-refractivity contribution in [2.75, 3.05) is 7.11 Å². The molecule has 2 aromatic rings. The van der Waals surface area contributed by atoms with Gasteiger partial charge in [0.25, 0.3) is 5.91 Å². The van der Waals surface area contributed by atoms with Crippen molar-refractivity contribution >= 4 is 11.6 Å². The summed E-state index contributed by atoms with van der Waals surface area (Å²) in [6, 6.07) is 7.56. The zero-order chi connectivity index (χ0) is 17.8. The van der Waals surface area contributed by atoms with Crippen LogP contribution >= 0.6 is 0 Å². The summed E-state index contributed by atoms with van der Waals surface area (Å²) in [7, 11) is 1.61. The van der Waals surface area contributed by atoms with Crippen molar-refractivity contribution in [1.82, 2.24) is 15.1 Å². The van der Waals surface area contributed by atoms with Crippen molar-refractivity contribution in [3.05, 3.63) is 47.3 Å². The average molecular weight is 342 g/mol. The molecule has 0 aliphatic carbocycles. The maximum Gasteiger partial charge on any atom is 0.264 e. The molecule has 3 rings (SSSR count). The van der Waals surface area contributed by atoms with E-state index in [-0.39, 0.29) is 5.91 Å². The molecule has 0 saturated carbocycles. The van der Waals surface area contributed by atoms with E-state index in [0.717, 1.165) is 23.4 Å². The maximum absolute atomic E-state index is 12.4. The van der Waals surface area contributed by atoms with Crippen LogP contribution < -0.4 is 10.1 Å². The van der Waals surface area contributed by atoms with Crippen molar-refractivity contribution < 1.29 is 14.4 Å². The average Bonchev–Trinajstić information content (AvgIpc) is 3.26. The zero-order valence-electron chi connectivity index (χ0n) is 14.7. The molecular weight excluding hydrogens is 320 g/mol. The second kappa shape index (κ2) is 7.38. The summed E-state index contributed by atoms with van der Waals surface area (Å²) < 4.78 is 7.24. The number of ether oxygens (including phenoxy) is 1. The Balaban J connectivity index is 1.59. The number of nitrogens with zero attached hydrogens (tertiary/aromatic N) is 3. The Morgan fingerprint density at radius 3 is 2.96 bits per heavy atom. The number of hydrogen-bond donors (Lipinski definition) is 1. The first-order chi connectivity index (χ1) is 12.1. The molecule has 0 fully saturated rings.